The number of hydrogen-bond donors (Lipinski definition) is 2. The first kappa shape index (κ1) is 15.3. The van der Waals surface area contributed by atoms with Gasteiger partial charge >= 0.3 is 6.01 Å². The Hall–Kier alpha value is -1.10. The molecule has 1 fully saturated rings. The predicted octanol–water partition coefficient (Wildman–Crippen LogP) is 3.51. The molecule has 1 saturated carbocycles. The van der Waals surface area contributed by atoms with Crippen LogP contribution in [0.2, 0.25) is 0 Å². The molecule has 0 bridgehead atoms. The minimum Gasteiger partial charge on any atom is -0.406 e. The van der Waals surface area contributed by atoms with E-state index in [4.69, 9.17) is 4.42 Å². The van der Waals surface area contributed by atoms with Gasteiger partial charge in [0.25, 0.3) is 0 Å². The van der Waals surface area contributed by atoms with Gasteiger partial charge in [-0.05, 0) is 38.6 Å². The Morgan fingerprint density at radius 1 is 1.30 bits per heavy atom. The first-order valence-electron chi connectivity index (χ1n) is 8.06. The molecule has 3 atom stereocenters. The SMILES string of the molecule is CCCNC(C)c1nnc(NC2CCCC(CC)C2)o1. The third-order valence-electron chi connectivity index (χ3n) is 4.20. The summed E-state index contributed by atoms with van der Waals surface area (Å²) in [5.74, 6) is 1.51. The van der Waals surface area contributed by atoms with Crippen LogP contribution in [-0.2, 0) is 0 Å². The Labute approximate surface area is 121 Å². The maximum absolute atomic E-state index is 5.72. The highest BCUT2D eigenvalue weighted by Crippen LogP contribution is 2.28. The standard InChI is InChI=1S/C15H28N4O/c1-4-9-16-11(3)14-18-19-15(20-14)17-13-8-6-7-12(5-2)10-13/h11-13,16H,4-10H2,1-3H3,(H,17,19). The normalized spacial score (nSPS) is 24.6. The van der Waals surface area contributed by atoms with E-state index in [2.05, 4.69) is 41.6 Å². The molecule has 114 valence electrons. The van der Waals surface area contributed by atoms with E-state index in [1.165, 1.54) is 32.1 Å². The molecular formula is C15H28N4O. The zero-order chi connectivity index (χ0) is 14.4. The number of nitrogens with one attached hydrogen (secondary N) is 2. The lowest BCUT2D eigenvalue weighted by Gasteiger charge is -2.28. The van der Waals surface area contributed by atoms with Gasteiger partial charge in [0.05, 0.1) is 6.04 Å². The van der Waals surface area contributed by atoms with Crippen molar-refractivity contribution < 1.29 is 4.42 Å². The topological polar surface area (TPSA) is 63.0 Å². The summed E-state index contributed by atoms with van der Waals surface area (Å²) in [7, 11) is 0. The summed E-state index contributed by atoms with van der Waals surface area (Å²) in [6.45, 7) is 7.44. The lowest BCUT2D eigenvalue weighted by molar-refractivity contribution is 0.322. The first-order chi connectivity index (χ1) is 9.72. The molecule has 5 heteroatoms. The van der Waals surface area contributed by atoms with Crippen LogP contribution in [0.5, 0.6) is 0 Å². The van der Waals surface area contributed by atoms with E-state index in [9.17, 15) is 0 Å². The highest BCUT2D eigenvalue weighted by atomic mass is 16.4. The molecule has 1 aromatic rings. The minimum atomic E-state index is 0.118. The van der Waals surface area contributed by atoms with Gasteiger partial charge in [0.2, 0.25) is 5.89 Å². The number of aromatic nitrogens is 2. The second-order valence-electron chi connectivity index (χ2n) is 5.90. The van der Waals surface area contributed by atoms with E-state index < -0.39 is 0 Å². The molecule has 0 aliphatic heterocycles. The molecule has 3 unspecified atom stereocenters. The smallest absolute Gasteiger partial charge is 0.315 e. The van der Waals surface area contributed by atoms with Gasteiger partial charge in [-0.1, -0.05) is 38.2 Å². The monoisotopic (exact) mass is 280 g/mol. The molecule has 0 radical (unpaired) electrons. The summed E-state index contributed by atoms with van der Waals surface area (Å²) >= 11 is 0. The second-order valence-corrected chi connectivity index (χ2v) is 5.90. The van der Waals surface area contributed by atoms with E-state index in [0.717, 1.165) is 18.9 Å². The van der Waals surface area contributed by atoms with Gasteiger partial charge in [-0.25, -0.2) is 0 Å². The van der Waals surface area contributed by atoms with Crippen molar-refractivity contribution in [3.63, 3.8) is 0 Å². The number of hydrogen-bond acceptors (Lipinski definition) is 5. The third kappa shape index (κ3) is 4.20. The summed E-state index contributed by atoms with van der Waals surface area (Å²) in [5.41, 5.74) is 0. The van der Waals surface area contributed by atoms with Crippen molar-refractivity contribution in [1.29, 1.82) is 0 Å². The third-order valence-corrected chi connectivity index (χ3v) is 4.20. The van der Waals surface area contributed by atoms with Crippen LogP contribution in [0, 0.1) is 5.92 Å². The van der Waals surface area contributed by atoms with Gasteiger partial charge in [-0.3, -0.25) is 0 Å². The Bertz CT molecular complexity index is 393. The van der Waals surface area contributed by atoms with Crippen LogP contribution in [0.4, 0.5) is 6.01 Å². The van der Waals surface area contributed by atoms with E-state index in [0.29, 0.717) is 17.9 Å². The number of anilines is 1. The van der Waals surface area contributed by atoms with Gasteiger partial charge in [0.1, 0.15) is 0 Å². The van der Waals surface area contributed by atoms with E-state index in [1.54, 1.807) is 0 Å². The van der Waals surface area contributed by atoms with Gasteiger partial charge in [0.15, 0.2) is 0 Å². The second kappa shape index (κ2) is 7.62. The van der Waals surface area contributed by atoms with Crippen LogP contribution in [-0.4, -0.2) is 22.8 Å². The molecule has 2 rings (SSSR count). The Morgan fingerprint density at radius 3 is 2.90 bits per heavy atom. The van der Waals surface area contributed by atoms with Gasteiger partial charge in [-0.15, -0.1) is 5.10 Å². The fourth-order valence-electron chi connectivity index (χ4n) is 2.88. The molecule has 20 heavy (non-hydrogen) atoms. The highest BCUT2D eigenvalue weighted by molar-refractivity contribution is 5.20. The van der Waals surface area contributed by atoms with E-state index in [1.807, 2.05) is 0 Å². The highest BCUT2D eigenvalue weighted by Gasteiger charge is 2.22. The van der Waals surface area contributed by atoms with E-state index in [-0.39, 0.29) is 6.04 Å². The van der Waals surface area contributed by atoms with Crippen molar-refractivity contribution in [2.24, 2.45) is 5.92 Å². The Kier molecular flexibility index (Phi) is 5.83. The van der Waals surface area contributed by atoms with Gasteiger partial charge in [0, 0.05) is 6.04 Å². The maximum Gasteiger partial charge on any atom is 0.315 e. The molecule has 2 N–H and O–H groups in total. The summed E-state index contributed by atoms with van der Waals surface area (Å²) in [6, 6.07) is 1.18. The summed E-state index contributed by atoms with van der Waals surface area (Å²) in [4.78, 5) is 0. The van der Waals surface area contributed by atoms with Crippen LogP contribution in [0.3, 0.4) is 0 Å². The summed E-state index contributed by atoms with van der Waals surface area (Å²) in [5, 5.41) is 15.0. The molecule has 1 heterocycles. The fraction of sp³-hybridized carbons (Fsp3) is 0.867. The zero-order valence-corrected chi connectivity index (χ0v) is 13.0. The van der Waals surface area contributed by atoms with Crippen molar-refractivity contribution >= 4 is 6.01 Å². The molecular weight excluding hydrogens is 252 g/mol. The van der Waals surface area contributed by atoms with Crippen molar-refractivity contribution in [2.75, 3.05) is 11.9 Å². The molecule has 1 aliphatic rings. The average Bonchev–Trinajstić information content (AvgIpc) is 2.93. The van der Waals surface area contributed by atoms with E-state index >= 15 is 0 Å². The maximum atomic E-state index is 5.72. The fourth-order valence-corrected chi connectivity index (χ4v) is 2.88. The van der Waals surface area contributed by atoms with Crippen LogP contribution in [0.25, 0.3) is 0 Å². The van der Waals surface area contributed by atoms with Crippen molar-refractivity contribution in [3.05, 3.63) is 5.89 Å². The lowest BCUT2D eigenvalue weighted by atomic mass is 9.84. The Morgan fingerprint density at radius 2 is 2.15 bits per heavy atom. The van der Waals surface area contributed by atoms with Crippen LogP contribution in [0.1, 0.15) is 71.2 Å². The van der Waals surface area contributed by atoms with Crippen LogP contribution in [0.15, 0.2) is 4.42 Å². The van der Waals surface area contributed by atoms with Crippen LogP contribution >= 0.6 is 0 Å². The molecule has 0 spiro atoms. The van der Waals surface area contributed by atoms with Crippen molar-refractivity contribution in [1.82, 2.24) is 15.5 Å². The van der Waals surface area contributed by atoms with Gasteiger partial charge < -0.3 is 15.1 Å². The molecule has 5 nitrogen and oxygen atoms in total. The molecule has 0 saturated heterocycles. The quantitative estimate of drug-likeness (QED) is 0.800. The first-order valence-corrected chi connectivity index (χ1v) is 8.06. The molecule has 0 amide bonds. The summed E-state index contributed by atoms with van der Waals surface area (Å²) in [6.07, 6.45) is 7.46. The Balaban J connectivity index is 1.85. The minimum absolute atomic E-state index is 0.118. The van der Waals surface area contributed by atoms with Crippen molar-refractivity contribution in [3.8, 4) is 0 Å². The predicted molar refractivity (Wildman–Crippen MR) is 80.7 cm³/mol. The molecule has 1 aliphatic carbocycles. The molecule has 1 aromatic heterocycles. The number of rotatable bonds is 7. The van der Waals surface area contributed by atoms with Crippen LogP contribution < -0.4 is 10.6 Å². The number of nitrogens with zero attached hydrogens (tertiary/aromatic N) is 2. The van der Waals surface area contributed by atoms with Crippen molar-refractivity contribution in [2.45, 2.75) is 71.4 Å². The van der Waals surface area contributed by atoms with Gasteiger partial charge in [-0.2, -0.15) is 0 Å². The largest absolute Gasteiger partial charge is 0.406 e. The molecule has 0 aromatic carbocycles. The average molecular weight is 280 g/mol. The lowest BCUT2D eigenvalue weighted by Crippen LogP contribution is -2.27. The zero-order valence-electron chi connectivity index (χ0n) is 13.0. The summed E-state index contributed by atoms with van der Waals surface area (Å²) < 4.78 is 5.72.